The number of aliphatic hydroxyl groups excluding tert-OH is 2. The molecule has 2 bridgehead atoms. The molecule has 194 valence electrons. The van der Waals surface area contributed by atoms with E-state index in [2.05, 4.69) is 30.2 Å². The van der Waals surface area contributed by atoms with Crippen molar-refractivity contribution in [1.82, 2.24) is 10.6 Å². The summed E-state index contributed by atoms with van der Waals surface area (Å²) in [4.78, 5) is 37.6. The fraction of sp³-hybridized carbons (Fsp3) is 0.621. The Morgan fingerprint density at radius 1 is 1.08 bits per heavy atom. The third-order valence-electron chi connectivity index (χ3n) is 9.78. The van der Waals surface area contributed by atoms with Gasteiger partial charge in [-0.1, -0.05) is 25.2 Å². The normalized spacial score (nSPS) is 46.8. The van der Waals surface area contributed by atoms with Crippen molar-refractivity contribution in [3.05, 3.63) is 48.3 Å². The molecule has 5 rings (SSSR count). The molecule has 0 aromatic heterocycles. The van der Waals surface area contributed by atoms with Crippen LogP contribution in [0, 0.1) is 47.3 Å². The van der Waals surface area contributed by atoms with Crippen molar-refractivity contribution in [2.75, 3.05) is 6.54 Å². The van der Waals surface area contributed by atoms with Gasteiger partial charge in [-0.15, -0.1) is 6.58 Å². The van der Waals surface area contributed by atoms with Crippen LogP contribution >= 0.6 is 0 Å². The van der Waals surface area contributed by atoms with E-state index in [1.807, 2.05) is 12.2 Å². The Labute approximate surface area is 212 Å². The number of fused-ring (bicyclic) bond motifs is 7. The van der Waals surface area contributed by atoms with E-state index < -0.39 is 23.8 Å². The molecular formula is C29H38N2O5. The van der Waals surface area contributed by atoms with E-state index in [9.17, 15) is 24.6 Å². The number of hydrogen-bond donors (Lipinski definition) is 4. The first kappa shape index (κ1) is 25.0. The Morgan fingerprint density at radius 3 is 2.67 bits per heavy atom. The average molecular weight is 495 g/mol. The summed E-state index contributed by atoms with van der Waals surface area (Å²) in [6.07, 6.45) is 12.9. The molecule has 4 fully saturated rings. The van der Waals surface area contributed by atoms with Gasteiger partial charge in [0.2, 0.25) is 5.91 Å². The summed E-state index contributed by atoms with van der Waals surface area (Å²) >= 11 is 0. The average Bonchev–Trinajstić information content (AvgIpc) is 3.46. The molecule has 36 heavy (non-hydrogen) atoms. The van der Waals surface area contributed by atoms with Gasteiger partial charge in [-0.3, -0.25) is 14.4 Å². The molecule has 2 amide bonds. The van der Waals surface area contributed by atoms with Gasteiger partial charge in [0.1, 0.15) is 11.3 Å². The van der Waals surface area contributed by atoms with Crippen molar-refractivity contribution in [3.63, 3.8) is 0 Å². The zero-order chi connectivity index (χ0) is 25.6. The zero-order valence-electron chi connectivity index (χ0n) is 20.9. The largest absolute Gasteiger partial charge is 0.507 e. The van der Waals surface area contributed by atoms with E-state index in [0.29, 0.717) is 61.8 Å². The molecule has 7 nitrogen and oxygen atoms in total. The Balaban J connectivity index is 1.46. The maximum atomic E-state index is 12.8. The Kier molecular flexibility index (Phi) is 6.95. The fourth-order valence-electron chi connectivity index (χ4n) is 8.19. The van der Waals surface area contributed by atoms with Crippen LogP contribution < -0.4 is 10.6 Å². The van der Waals surface area contributed by atoms with Crippen molar-refractivity contribution in [2.45, 2.75) is 57.6 Å². The van der Waals surface area contributed by atoms with Crippen LogP contribution in [0.4, 0.5) is 0 Å². The van der Waals surface area contributed by atoms with Crippen LogP contribution in [0.1, 0.15) is 45.4 Å². The Bertz CT molecular complexity index is 1030. The van der Waals surface area contributed by atoms with Crippen LogP contribution in [0.15, 0.2) is 48.3 Å². The molecular weight excluding hydrogens is 456 g/mol. The quantitative estimate of drug-likeness (QED) is 0.330. The number of allylic oxidation sites excluding steroid dienone is 4. The highest BCUT2D eigenvalue weighted by atomic mass is 16.3. The van der Waals surface area contributed by atoms with Crippen LogP contribution in [0.25, 0.3) is 0 Å². The summed E-state index contributed by atoms with van der Waals surface area (Å²) in [5.74, 6) is 1.28. The van der Waals surface area contributed by atoms with E-state index in [-0.39, 0.29) is 35.0 Å². The van der Waals surface area contributed by atoms with E-state index in [4.69, 9.17) is 0 Å². The highest BCUT2D eigenvalue weighted by Crippen LogP contribution is 2.62. The van der Waals surface area contributed by atoms with Gasteiger partial charge in [0.25, 0.3) is 5.91 Å². The molecule has 0 aromatic carbocycles. The number of carbonyl (C=O) groups excluding carboxylic acids is 3. The number of carbonyl (C=O) groups is 3. The molecule has 1 unspecified atom stereocenters. The van der Waals surface area contributed by atoms with Crippen molar-refractivity contribution in [3.8, 4) is 0 Å². The van der Waals surface area contributed by atoms with Crippen LogP contribution in [0.5, 0.6) is 0 Å². The summed E-state index contributed by atoms with van der Waals surface area (Å²) in [5.41, 5.74) is -0.197. The van der Waals surface area contributed by atoms with Crippen LogP contribution in [0.3, 0.4) is 0 Å². The zero-order valence-corrected chi connectivity index (χ0v) is 20.9. The lowest BCUT2D eigenvalue weighted by molar-refractivity contribution is -0.118. The third-order valence-corrected chi connectivity index (χ3v) is 9.78. The molecule has 7 heteroatoms. The molecule has 5 aliphatic rings. The number of rotatable bonds is 1. The molecule has 3 aliphatic carbocycles. The minimum absolute atomic E-state index is 0.0377. The standard InChI is InChI=1S/C29H38N2O5/c1-3-16-12-18-13-20-19-6-4-8-24(34)30-11-5-7-21-28(35)27(29(36)31-21)22(32)10-9-17(19)14-23(33)26(20)25(18)15(16)2/h3-4,8-10,15-21,23,25-26,32-33H,1,5-7,11-14H2,2H3,(H,30,34)(H,31,36)/b8-4+,10-9-,27-22-/t15-,16-,17-,18-,19+,20+,21?,23-,25-,26+/m0/s1. The molecule has 2 heterocycles. The summed E-state index contributed by atoms with van der Waals surface area (Å²) in [7, 11) is 0. The van der Waals surface area contributed by atoms with Crippen LogP contribution in [0.2, 0.25) is 0 Å². The lowest BCUT2D eigenvalue weighted by atomic mass is 9.62. The molecule has 3 saturated carbocycles. The molecule has 4 N–H and O–H groups in total. The van der Waals surface area contributed by atoms with E-state index in [0.717, 1.165) is 12.8 Å². The van der Waals surface area contributed by atoms with Gasteiger partial charge in [-0.25, -0.2) is 0 Å². The van der Waals surface area contributed by atoms with Crippen molar-refractivity contribution in [2.24, 2.45) is 47.3 Å². The maximum Gasteiger partial charge on any atom is 0.259 e. The fourth-order valence-corrected chi connectivity index (χ4v) is 8.19. The maximum absolute atomic E-state index is 12.8. The van der Waals surface area contributed by atoms with Gasteiger partial charge in [0, 0.05) is 6.54 Å². The molecule has 0 radical (unpaired) electrons. The van der Waals surface area contributed by atoms with E-state index in [1.54, 1.807) is 6.08 Å². The number of ketones is 1. The van der Waals surface area contributed by atoms with Crippen molar-refractivity contribution < 1.29 is 24.6 Å². The number of amides is 2. The topological polar surface area (TPSA) is 116 Å². The SMILES string of the molecule is C=C[C@H]1C[C@H]2C[C@@H]3[C@@H]4C/C=C/C(=O)NCCCC5NC(=O)/C(=C(O)/C=C\[C@H]4C[C@H](O)[C@@H]3[C@H]2[C@H]1C)C5=O. The lowest BCUT2D eigenvalue weighted by Crippen LogP contribution is -2.43. The van der Waals surface area contributed by atoms with Gasteiger partial charge in [-0.2, -0.15) is 0 Å². The van der Waals surface area contributed by atoms with Gasteiger partial charge in [0.05, 0.1) is 12.1 Å². The molecule has 2 aliphatic heterocycles. The molecule has 1 saturated heterocycles. The number of Topliss-reactive ketones (excluding diaryl/α,β-unsaturated/α-hetero) is 1. The van der Waals surface area contributed by atoms with E-state index in [1.165, 1.54) is 6.08 Å². The van der Waals surface area contributed by atoms with Crippen molar-refractivity contribution in [1.29, 1.82) is 0 Å². The molecule has 0 spiro atoms. The van der Waals surface area contributed by atoms with Crippen molar-refractivity contribution >= 4 is 17.6 Å². The second-order valence-corrected chi connectivity index (χ2v) is 11.5. The number of hydrogen-bond acceptors (Lipinski definition) is 5. The minimum atomic E-state index is -0.687. The Morgan fingerprint density at radius 2 is 1.89 bits per heavy atom. The predicted molar refractivity (Wildman–Crippen MR) is 135 cm³/mol. The van der Waals surface area contributed by atoms with Gasteiger partial charge in [0.15, 0.2) is 5.78 Å². The molecule has 10 atom stereocenters. The second-order valence-electron chi connectivity index (χ2n) is 11.5. The summed E-state index contributed by atoms with van der Waals surface area (Å²) < 4.78 is 0. The van der Waals surface area contributed by atoms with Crippen LogP contribution in [-0.2, 0) is 14.4 Å². The van der Waals surface area contributed by atoms with Gasteiger partial charge in [-0.05, 0) is 98.0 Å². The highest BCUT2D eigenvalue weighted by molar-refractivity contribution is 6.27. The summed E-state index contributed by atoms with van der Waals surface area (Å²) in [6, 6.07) is -0.687. The number of nitrogens with one attached hydrogen (secondary N) is 2. The van der Waals surface area contributed by atoms with Gasteiger partial charge >= 0.3 is 0 Å². The highest BCUT2D eigenvalue weighted by Gasteiger charge is 2.57. The first-order valence-electron chi connectivity index (χ1n) is 13.5. The summed E-state index contributed by atoms with van der Waals surface area (Å²) in [6.45, 7) is 6.74. The van der Waals surface area contributed by atoms with E-state index >= 15 is 0 Å². The van der Waals surface area contributed by atoms with Crippen LogP contribution in [-0.4, -0.2) is 46.5 Å². The first-order valence-corrected chi connectivity index (χ1v) is 13.5. The molecule has 0 aromatic rings. The summed E-state index contributed by atoms with van der Waals surface area (Å²) in [5, 5.41) is 27.6. The monoisotopic (exact) mass is 494 g/mol. The number of aliphatic hydroxyl groups is 2. The third kappa shape index (κ3) is 4.36. The first-order chi connectivity index (χ1) is 17.3. The Hall–Kier alpha value is -2.67. The predicted octanol–water partition coefficient (Wildman–Crippen LogP) is 2.99. The van der Waals surface area contributed by atoms with Gasteiger partial charge < -0.3 is 20.8 Å². The smallest absolute Gasteiger partial charge is 0.259 e. The second kappa shape index (κ2) is 10.0. The minimum Gasteiger partial charge on any atom is -0.507 e. The lowest BCUT2D eigenvalue weighted by Gasteiger charge is -2.44.